The van der Waals surface area contributed by atoms with Gasteiger partial charge in [0.25, 0.3) is 0 Å². The van der Waals surface area contributed by atoms with Crippen molar-refractivity contribution in [2.75, 3.05) is 5.32 Å². The number of hydrogen-bond acceptors (Lipinski definition) is 4. The Kier molecular flexibility index (Phi) is 2.77. The number of amides is 1. The van der Waals surface area contributed by atoms with E-state index in [2.05, 4.69) is 15.3 Å². The van der Waals surface area contributed by atoms with Crippen LogP contribution in [0.15, 0.2) is 30.7 Å². The van der Waals surface area contributed by atoms with Gasteiger partial charge in [-0.25, -0.2) is 0 Å². The second kappa shape index (κ2) is 4.10. The molecule has 5 heteroatoms. The average molecular weight is 230 g/mol. The van der Waals surface area contributed by atoms with E-state index in [-0.39, 0.29) is 5.91 Å². The Bertz CT molecular complexity index is 554. The molecule has 0 saturated heterocycles. The van der Waals surface area contributed by atoms with Crippen LogP contribution in [0.4, 0.5) is 5.69 Å². The summed E-state index contributed by atoms with van der Waals surface area (Å²) in [5.74, 6) is -0.242. The molecule has 0 saturated carbocycles. The summed E-state index contributed by atoms with van der Waals surface area (Å²) in [7, 11) is 0. The monoisotopic (exact) mass is 230 g/mol. The molecular formula is C12H14N4O. The molecular weight excluding hydrogens is 216 g/mol. The number of rotatable bonds is 2. The van der Waals surface area contributed by atoms with Gasteiger partial charge < -0.3 is 11.1 Å². The summed E-state index contributed by atoms with van der Waals surface area (Å²) in [5.41, 5.74) is 6.27. The first-order valence-corrected chi connectivity index (χ1v) is 5.27. The van der Waals surface area contributed by atoms with Crippen molar-refractivity contribution in [2.24, 2.45) is 5.73 Å². The van der Waals surface area contributed by atoms with Crippen LogP contribution in [0.5, 0.6) is 0 Å². The highest BCUT2D eigenvalue weighted by Gasteiger charge is 2.22. The highest BCUT2D eigenvalue weighted by Crippen LogP contribution is 2.20. The molecule has 2 aromatic heterocycles. The van der Waals surface area contributed by atoms with E-state index in [9.17, 15) is 4.79 Å². The predicted octanol–water partition coefficient (Wildman–Crippen LogP) is 1.31. The largest absolute Gasteiger partial charge is 0.324 e. The molecule has 0 spiro atoms. The minimum absolute atomic E-state index is 0.242. The summed E-state index contributed by atoms with van der Waals surface area (Å²) in [6, 6.07) is 3.52. The molecule has 88 valence electrons. The number of aromatic nitrogens is 2. The van der Waals surface area contributed by atoms with Crippen molar-refractivity contribution in [1.29, 1.82) is 0 Å². The van der Waals surface area contributed by atoms with E-state index < -0.39 is 5.54 Å². The van der Waals surface area contributed by atoms with Crippen LogP contribution in [-0.4, -0.2) is 21.4 Å². The van der Waals surface area contributed by atoms with Crippen LogP contribution in [-0.2, 0) is 4.79 Å². The second-order valence-corrected chi connectivity index (χ2v) is 4.43. The highest BCUT2D eigenvalue weighted by atomic mass is 16.2. The maximum absolute atomic E-state index is 11.8. The van der Waals surface area contributed by atoms with Gasteiger partial charge in [-0.05, 0) is 26.0 Å². The van der Waals surface area contributed by atoms with Gasteiger partial charge in [-0.2, -0.15) is 0 Å². The van der Waals surface area contributed by atoms with Gasteiger partial charge in [0.1, 0.15) is 0 Å². The molecule has 0 radical (unpaired) electrons. The molecule has 17 heavy (non-hydrogen) atoms. The van der Waals surface area contributed by atoms with Crippen molar-refractivity contribution in [3.8, 4) is 0 Å². The molecule has 0 aliphatic rings. The van der Waals surface area contributed by atoms with Gasteiger partial charge in [0.15, 0.2) is 0 Å². The van der Waals surface area contributed by atoms with E-state index in [0.29, 0.717) is 5.69 Å². The number of nitrogens with zero attached hydrogens (tertiary/aromatic N) is 2. The number of fused-ring (bicyclic) bond motifs is 1. The topological polar surface area (TPSA) is 80.9 Å². The molecule has 0 aromatic carbocycles. The van der Waals surface area contributed by atoms with Crippen molar-refractivity contribution >= 4 is 22.5 Å². The zero-order valence-electron chi connectivity index (χ0n) is 9.77. The van der Waals surface area contributed by atoms with Gasteiger partial charge >= 0.3 is 0 Å². The van der Waals surface area contributed by atoms with E-state index in [1.807, 2.05) is 0 Å². The van der Waals surface area contributed by atoms with E-state index in [4.69, 9.17) is 5.73 Å². The van der Waals surface area contributed by atoms with Gasteiger partial charge in [0.2, 0.25) is 5.91 Å². The zero-order chi connectivity index (χ0) is 12.5. The maximum atomic E-state index is 11.8. The number of nitrogens with one attached hydrogen (secondary N) is 1. The Hall–Kier alpha value is -2.01. The predicted molar refractivity (Wildman–Crippen MR) is 66.4 cm³/mol. The van der Waals surface area contributed by atoms with Crippen molar-refractivity contribution in [1.82, 2.24) is 9.97 Å². The summed E-state index contributed by atoms with van der Waals surface area (Å²) in [6.07, 6.45) is 4.97. The Morgan fingerprint density at radius 3 is 2.82 bits per heavy atom. The third-order valence-electron chi connectivity index (χ3n) is 2.38. The Labute approximate surface area is 99.1 Å². The van der Waals surface area contributed by atoms with Crippen molar-refractivity contribution < 1.29 is 4.79 Å². The lowest BCUT2D eigenvalue weighted by Gasteiger charge is -2.18. The molecule has 0 fully saturated rings. The van der Waals surface area contributed by atoms with Gasteiger partial charge in [0.05, 0.1) is 16.7 Å². The fourth-order valence-electron chi connectivity index (χ4n) is 1.38. The van der Waals surface area contributed by atoms with E-state index in [1.165, 1.54) is 0 Å². The smallest absolute Gasteiger partial charge is 0.243 e. The van der Waals surface area contributed by atoms with Gasteiger partial charge in [0, 0.05) is 24.0 Å². The fourth-order valence-corrected chi connectivity index (χ4v) is 1.38. The lowest BCUT2D eigenvalue weighted by molar-refractivity contribution is -0.120. The highest BCUT2D eigenvalue weighted by molar-refractivity contribution is 6.03. The number of anilines is 1. The van der Waals surface area contributed by atoms with Crippen LogP contribution in [0, 0.1) is 0 Å². The van der Waals surface area contributed by atoms with Crippen molar-refractivity contribution in [2.45, 2.75) is 19.4 Å². The molecule has 0 atom stereocenters. The van der Waals surface area contributed by atoms with E-state index in [1.54, 1.807) is 44.6 Å². The van der Waals surface area contributed by atoms with Crippen LogP contribution >= 0.6 is 0 Å². The Morgan fingerprint density at radius 2 is 2.12 bits per heavy atom. The zero-order valence-corrected chi connectivity index (χ0v) is 9.77. The lowest BCUT2D eigenvalue weighted by atomic mass is 10.1. The standard InChI is InChI=1S/C12H14N4O/c1-12(2,13)11(17)16-10-4-6-15-9-3-5-14-7-8(9)10/h3-7H,13H2,1-2H3,(H,15,16,17). The second-order valence-electron chi connectivity index (χ2n) is 4.43. The average Bonchev–Trinajstić information content (AvgIpc) is 2.28. The van der Waals surface area contributed by atoms with E-state index >= 15 is 0 Å². The normalized spacial score (nSPS) is 11.5. The van der Waals surface area contributed by atoms with Crippen LogP contribution in [0.1, 0.15) is 13.8 Å². The number of carbonyl (C=O) groups is 1. The molecule has 0 aliphatic carbocycles. The summed E-state index contributed by atoms with van der Waals surface area (Å²) in [4.78, 5) is 20.0. The molecule has 3 N–H and O–H groups in total. The lowest BCUT2D eigenvalue weighted by Crippen LogP contribution is -2.45. The van der Waals surface area contributed by atoms with Crippen LogP contribution in [0.25, 0.3) is 10.9 Å². The first-order valence-electron chi connectivity index (χ1n) is 5.27. The molecule has 0 bridgehead atoms. The van der Waals surface area contributed by atoms with Crippen molar-refractivity contribution in [3.05, 3.63) is 30.7 Å². The molecule has 0 aliphatic heterocycles. The Morgan fingerprint density at radius 1 is 1.35 bits per heavy atom. The fraction of sp³-hybridized carbons (Fsp3) is 0.250. The summed E-state index contributed by atoms with van der Waals surface area (Å²) in [5, 5.41) is 3.58. The minimum atomic E-state index is -0.919. The summed E-state index contributed by atoms with van der Waals surface area (Å²) in [6.45, 7) is 3.31. The first kappa shape index (κ1) is 11.5. The van der Waals surface area contributed by atoms with Crippen LogP contribution in [0.3, 0.4) is 0 Å². The molecule has 5 nitrogen and oxygen atoms in total. The van der Waals surface area contributed by atoms with E-state index in [0.717, 1.165) is 10.9 Å². The molecule has 1 amide bonds. The third kappa shape index (κ3) is 2.39. The number of carbonyl (C=O) groups excluding carboxylic acids is 1. The minimum Gasteiger partial charge on any atom is -0.324 e. The summed E-state index contributed by atoms with van der Waals surface area (Å²) >= 11 is 0. The number of nitrogens with two attached hydrogens (primary N) is 1. The van der Waals surface area contributed by atoms with Gasteiger partial charge in [-0.1, -0.05) is 0 Å². The van der Waals surface area contributed by atoms with Crippen molar-refractivity contribution in [3.63, 3.8) is 0 Å². The third-order valence-corrected chi connectivity index (χ3v) is 2.38. The quantitative estimate of drug-likeness (QED) is 0.815. The molecule has 2 aromatic rings. The molecule has 2 rings (SSSR count). The SMILES string of the molecule is CC(C)(N)C(=O)Nc1ccnc2ccncc12. The molecule has 2 heterocycles. The van der Waals surface area contributed by atoms with Gasteiger partial charge in [-0.3, -0.25) is 14.8 Å². The number of hydrogen-bond donors (Lipinski definition) is 2. The number of pyridine rings is 2. The maximum Gasteiger partial charge on any atom is 0.243 e. The van der Waals surface area contributed by atoms with Crippen LogP contribution in [0.2, 0.25) is 0 Å². The van der Waals surface area contributed by atoms with Crippen LogP contribution < -0.4 is 11.1 Å². The summed E-state index contributed by atoms with van der Waals surface area (Å²) < 4.78 is 0. The Balaban J connectivity index is 2.40. The first-order chi connectivity index (χ1) is 7.98. The molecule has 0 unspecified atom stereocenters. The van der Waals surface area contributed by atoms with Gasteiger partial charge in [-0.15, -0.1) is 0 Å².